The van der Waals surface area contributed by atoms with E-state index in [1.165, 1.54) is 9.75 Å². The van der Waals surface area contributed by atoms with Gasteiger partial charge < -0.3 is 9.88 Å². The van der Waals surface area contributed by atoms with E-state index >= 15 is 0 Å². The van der Waals surface area contributed by atoms with Crippen molar-refractivity contribution in [3.05, 3.63) is 34.3 Å². The Hall–Kier alpha value is -1.29. The Kier molecular flexibility index (Phi) is 3.06. The molecule has 0 saturated carbocycles. The molecule has 0 radical (unpaired) electrons. The molecule has 0 aromatic carbocycles. The van der Waals surface area contributed by atoms with Crippen molar-refractivity contribution in [2.75, 3.05) is 11.9 Å². The molecule has 0 aliphatic carbocycles. The van der Waals surface area contributed by atoms with Gasteiger partial charge >= 0.3 is 0 Å². The number of nitrogens with zero attached hydrogens (tertiary/aromatic N) is 2. The molecule has 2 aromatic heterocycles. The largest absolute Gasteiger partial charge is 0.356 e. The summed E-state index contributed by atoms with van der Waals surface area (Å²) in [7, 11) is 0. The van der Waals surface area contributed by atoms with Gasteiger partial charge in [0.15, 0.2) is 0 Å². The molecule has 0 atom stereocenters. The summed E-state index contributed by atoms with van der Waals surface area (Å²) in [6.45, 7) is 6.02. The van der Waals surface area contributed by atoms with Gasteiger partial charge in [-0.05, 0) is 26.0 Å². The van der Waals surface area contributed by atoms with Crippen molar-refractivity contribution >= 4 is 17.3 Å². The van der Waals surface area contributed by atoms with Crippen molar-refractivity contribution in [2.24, 2.45) is 0 Å². The van der Waals surface area contributed by atoms with Crippen LogP contribution in [0.25, 0.3) is 0 Å². The van der Waals surface area contributed by atoms with E-state index in [2.05, 4.69) is 40.8 Å². The fourth-order valence-electron chi connectivity index (χ4n) is 1.50. The summed E-state index contributed by atoms with van der Waals surface area (Å²) in [6.07, 6.45) is 3.84. The first-order valence-electron chi connectivity index (χ1n) is 5.10. The van der Waals surface area contributed by atoms with Crippen molar-refractivity contribution in [1.29, 1.82) is 0 Å². The van der Waals surface area contributed by atoms with Gasteiger partial charge in [0.05, 0.1) is 6.54 Å². The summed E-state index contributed by atoms with van der Waals surface area (Å²) >= 11 is 1.84. The van der Waals surface area contributed by atoms with Gasteiger partial charge in [0.25, 0.3) is 0 Å². The highest BCUT2D eigenvalue weighted by molar-refractivity contribution is 7.11. The Labute approximate surface area is 93.8 Å². The molecule has 0 unspecified atom stereocenters. The summed E-state index contributed by atoms with van der Waals surface area (Å²) in [5.41, 5.74) is 0. The van der Waals surface area contributed by atoms with E-state index in [-0.39, 0.29) is 0 Å². The molecule has 4 heteroatoms. The summed E-state index contributed by atoms with van der Waals surface area (Å²) in [6, 6.07) is 4.33. The first-order valence-corrected chi connectivity index (χ1v) is 5.91. The molecule has 3 nitrogen and oxygen atoms in total. The van der Waals surface area contributed by atoms with Crippen molar-refractivity contribution in [2.45, 2.75) is 20.4 Å². The Morgan fingerprint density at radius 2 is 2.33 bits per heavy atom. The number of rotatable bonds is 4. The maximum atomic E-state index is 4.27. The molecule has 2 rings (SSSR count). The number of thiophene rings is 1. The van der Waals surface area contributed by atoms with Crippen molar-refractivity contribution in [3.8, 4) is 0 Å². The van der Waals surface area contributed by atoms with Crippen LogP contribution in [0.5, 0.6) is 0 Å². The van der Waals surface area contributed by atoms with Gasteiger partial charge in [-0.25, -0.2) is 4.98 Å². The first-order chi connectivity index (χ1) is 7.29. The Bertz CT molecular complexity index is 430. The fraction of sp³-hybridized carbons (Fsp3) is 0.364. The molecule has 0 fully saturated rings. The predicted molar refractivity (Wildman–Crippen MR) is 64.5 cm³/mol. The second-order valence-corrected chi connectivity index (χ2v) is 4.79. The van der Waals surface area contributed by atoms with E-state index in [4.69, 9.17) is 0 Å². The lowest BCUT2D eigenvalue weighted by molar-refractivity contribution is 0.812. The summed E-state index contributed by atoms with van der Waals surface area (Å²) in [5, 5.41) is 3.24. The molecule has 0 aliphatic rings. The quantitative estimate of drug-likeness (QED) is 0.860. The number of imidazole rings is 1. The average Bonchev–Trinajstić information content (AvgIpc) is 2.78. The minimum absolute atomic E-state index is 0.903. The molecule has 80 valence electrons. The number of aryl methyl sites for hydroxylation is 1. The fourth-order valence-corrected chi connectivity index (χ4v) is 2.39. The molecule has 15 heavy (non-hydrogen) atoms. The molecule has 2 heterocycles. The van der Waals surface area contributed by atoms with Crippen molar-refractivity contribution in [1.82, 2.24) is 9.55 Å². The standard InChI is InChI=1S/C11H15N3S/c1-3-12-11-13-6-7-14(11)8-10-5-4-9(2)15-10/h4-7H,3,8H2,1-2H3,(H,12,13). The van der Waals surface area contributed by atoms with E-state index in [1.54, 1.807) is 0 Å². The van der Waals surface area contributed by atoms with Crippen molar-refractivity contribution < 1.29 is 0 Å². The van der Waals surface area contributed by atoms with Gasteiger partial charge in [-0.3, -0.25) is 0 Å². The zero-order valence-electron chi connectivity index (χ0n) is 9.03. The topological polar surface area (TPSA) is 29.9 Å². The number of aromatic nitrogens is 2. The molecule has 2 aromatic rings. The molecule has 0 aliphatic heterocycles. The van der Waals surface area contributed by atoms with Gasteiger partial charge in [-0.2, -0.15) is 0 Å². The lowest BCUT2D eigenvalue weighted by Crippen LogP contribution is -2.06. The molecule has 0 spiro atoms. The monoisotopic (exact) mass is 221 g/mol. The Morgan fingerprint density at radius 3 is 3.00 bits per heavy atom. The van der Waals surface area contributed by atoms with E-state index in [0.717, 1.165) is 19.0 Å². The summed E-state index contributed by atoms with van der Waals surface area (Å²) in [5.74, 6) is 0.948. The first kappa shape index (κ1) is 10.2. The third-order valence-electron chi connectivity index (χ3n) is 2.17. The maximum Gasteiger partial charge on any atom is 0.203 e. The van der Waals surface area contributed by atoms with Gasteiger partial charge in [0.2, 0.25) is 5.95 Å². The minimum Gasteiger partial charge on any atom is -0.356 e. The van der Waals surface area contributed by atoms with Crippen LogP contribution in [0.1, 0.15) is 16.7 Å². The third-order valence-corrected chi connectivity index (χ3v) is 3.16. The molecule has 1 N–H and O–H groups in total. The van der Waals surface area contributed by atoms with Crippen LogP contribution in [-0.4, -0.2) is 16.1 Å². The highest BCUT2D eigenvalue weighted by Gasteiger charge is 2.03. The summed E-state index contributed by atoms with van der Waals surface area (Å²) < 4.78 is 2.13. The van der Waals surface area contributed by atoms with Crippen molar-refractivity contribution in [3.63, 3.8) is 0 Å². The smallest absolute Gasteiger partial charge is 0.203 e. The third kappa shape index (κ3) is 2.39. The normalized spacial score (nSPS) is 10.5. The molecule has 0 saturated heterocycles. The van der Waals surface area contributed by atoms with E-state index < -0.39 is 0 Å². The van der Waals surface area contributed by atoms with Gasteiger partial charge in [-0.1, -0.05) is 0 Å². The Morgan fingerprint density at radius 1 is 1.47 bits per heavy atom. The second kappa shape index (κ2) is 4.49. The zero-order valence-corrected chi connectivity index (χ0v) is 9.84. The molecule has 0 amide bonds. The van der Waals surface area contributed by atoms with Gasteiger partial charge in [0, 0.05) is 28.7 Å². The maximum absolute atomic E-state index is 4.27. The number of hydrogen-bond donors (Lipinski definition) is 1. The highest BCUT2D eigenvalue weighted by Crippen LogP contribution is 2.17. The lowest BCUT2D eigenvalue weighted by atomic mass is 10.4. The predicted octanol–water partition coefficient (Wildman–Crippen LogP) is 2.73. The van der Waals surface area contributed by atoms with E-state index in [1.807, 2.05) is 23.7 Å². The van der Waals surface area contributed by atoms with Crippen LogP contribution < -0.4 is 5.32 Å². The lowest BCUT2D eigenvalue weighted by Gasteiger charge is -2.06. The van der Waals surface area contributed by atoms with Crippen LogP contribution >= 0.6 is 11.3 Å². The number of anilines is 1. The van der Waals surface area contributed by atoms with E-state index in [0.29, 0.717) is 0 Å². The van der Waals surface area contributed by atoms with Crippen LogP contribution in [0.15, 0.2) is 24.5 Å². The highest BCUT2D eigenvalue weighted by atomic mass is 32.1. The SMILES string of the molecule is CCNc1nccn1Cc1ccc(C)s1. The molecular weight excluding hydrogens is 206 g/mol. The zero-order chi connectivity index (χ0) is 10.7. The van der Waals surface area contributed by atoms with Crippen LogP contribution in [-0.2, 0) is 6.54 Å². The number of nitrogens with one attached hydrogen (secondary N) is 1. The minimum atomic E-state index is 0.903. The second-order valence-electron chi connectivity index (χ2n) is 3.42. The molecular formula is C11H15N3S. The van der Waals surface area contributed by atoms with Crippen LogP contribution in [0.4, 0.5) is 5.95 Å². The molecule has 0 bridgehead atoms. The van der Waals surface area contributed by atoms with E-state index in [9.17, 15) is 0 Å². The number of hydrogen-bond acceptors (Lipinski definition) is 3. The average molecular weight is 221 g/mol. The summed E-state index contributed by atoms with van der Waals surface area (Å²) in [4.78, 5) is 6.99. The van der Waals surface area contributed by atoms with Crippen LogP contribution in [0.2, 0.25) is 0 Å². The Balaban J connectivity index is 2.13. The van der Waals surface area contributed by atoms with Crippen LogP contribution in [0.3, 0.4) is 0 Å². The van der Waals surface area contributed by atoms with Gasteiger partial charge in [0.1, 0.15) is 0 Å². The van der Waals surface area contributed by atoms with Crippen LogP contribution in [0, 0.1) is 6.92 Å². The van der Waals surface area contributed by atoms with Gasteiger partial charge in [-0.15, -0.1) is 11.3 Å².